The van der Waals surface area contributed by atoms with E-state index in [-0.39, 0.29) is 24.4 Å². The van der Waals surface area contributed by atoms with Crippen LogP contribution in [0.15, 0.2) is 0 Å². The molecule has 0 aromatic rings. The zero-order chi connectivity index (χ0) is 11.6. The molecule has 0 bridgehead atoms. The smallest absolute Gasteiger partial charge is 0.325 e. The number of hydrogen-bond donors (Lipinski definition) is 4. The van der Waals surface area contributed by atoms with Gasteiger partial charge in [0.25, 0.3) is 0 Å². The van der Waals surface area contributed by atoms with E-state index in [0.29, 0.717) is 6.54 Å². The zero-order valence-corrected chi connectivity index (χ0v) is 9.35. The van der Waals surface area contributed by atoms with E-state index in [4.69, 9.17) is 14.9 Å². The summed E-state index contributed by atoms with van der Waals surface area (Å²) in [7, 11) is -4.05. The number of nitrogens with one attached hydrogen (secondary N) is 1. The van der Waals surface area contributed by atoms with Gasteiger partial charge in [-0.3, -0.25) is 9.36 Å². The monoisotopic (exact) mass is 237 g/mol. The molecule has 0 spiro atoms. The van der Waals surface area contributed by atoms with Crippen molar-refractivity contribution >= 4 is 13.6 Å². The Kier molecular flexibility index (Phi) is 3.89. The Bertz CT molecular complexity index is 289. The highest BCUT2D eigenvalue weighted by Crippen LogP contribution is 2.41. The van der Waals surface area contributed by atoms with Crippen molar-refractivity contribution in [3.8, 4) is 0 Å². The largest absolute Gasteiger partial charge is 0.480 e. The number of rotatable bonds is 3. The second-order valence-electron chi connectivity index (χ2n) is 4.12. The van der Waals surface area contributed by atoms with Gasteiger partial charge < -0.3 is 20.2 Å². The summed E-state index contributed by atoms with van der Waals surface area (Å²) >= 11 is 0. The molecular weight excluding hydrogens is 221 g/mol. The molecular formula is C8H16NO5P. The quantitative estimate of drug-likeness (QED) is 0.509. The summed E-state index contributed by atoms with van der Waals surface area (Å²) in [5, 5.41) is 11.6. The summed E-state index contributed by atoms with van der Waals surface area (Å²) < 4.78 is 10.8. The van der Waals surface area contributed by atoms with Crippen LogP contribution in [0.4, 0.5) is 0 Å². The number of carboxylic acids is 1. The maximum Gasteiger partial charge on any atom is 0.325 e. The molecule has 4 N–H and O–H groups in total. The molecule has 15 heavy (non-hydrogen) atoms. The molecule has 88 valence electrons. The topological polar surface area (TPSA) is 107 Å². The second-order valence-corrected chi connectivity index (χ2v) is 5.81. The van der Waals surface area contributed by atoms with Crippen molar-refractivity contribution in [2.45, 2.75) is 19.4 Å². The number of aliphatic carboxylic acids is 1. The summed E-state index contributed by atoms with van der Waals surface area (Å²) in [5.41, 5.74) is 0. The van der Waals surface area contributed by atoms with Crippen molar-refractivity contribution in [3.63, 3.8) is 0 Å². The molecule has 0 amide bonds. The highest BCUT2D eigenvalue weighted by Gasteiger charge is 2.34. The molecule has 7 heteroatoms. The fourth-order valence-corrected chi connectivity index (χ4v) is 2.98. The lowest BCUT2D eigenvalue weighted by Crippen LogP contribution is -2.48. The van der Waals surface area contributed by atoms with Gasteiger partial charge in [-0.15, -0.1) is 0 Å². The lowest BCUT2D eigenvalue weighted by molar-refractivity contribution is -0.140. The summed E-state index contributed by atoms with van der Waals surface area (Å²) in [4.78, 5) is 28.4. The Morgan fingerprint density at radius 3 is 2.60 bits per heavy atom. The van der Waals surface area contributed by atoms with Crippen LogP contribution in [0, 0.1) is 11.8 Å². The van der Waals surface area contributed by atoms with Gasteiger partial charge in [0, 0.05) is 0 Å². The van der Waals surface area contributed by atoms with E-state index in [2.05, 4.69) is 5.32 Å². The van der Waals surface area contributed by atoms with Crippen molar-refractivity contribution in [2.75, 3.05) is 12.7 Å². The van der Waals surface area contributed by atoms with Crippen LogP contribution in [0.2, 0.25) is 0 Å². The van der Waals surface area contributed by atoms with Gasteiger partial charge >= 0.3 is 13.6 Å². The van der Waals surface area contributed by atoms with E-state index in [1.807, 2.05) is 6.92 Å². The molecule has 0 aliphatic carbocycles. The highest BCUT2D eigenvalue weighted by atomic mass is 31.2. The Labute approximate surface area is 87.8 Å². The Morgan fingerprint density at radius 2 is 2.13 bits per heavy atom. The average molecular weight is 237 g/mol. The third kappa shape index (κ3) is 3.91. The van der Waals surface area contributed by atoms with Crippen molar-refractivity contribution < 1.29 is 24.3 Å². The molecule has 1 rings (SSSR count). The average Bonchev–Trinajstić information content (AvgIpc) is 2.06. The molecule has 6 nitrogen and oxygen atoms in total. The Hall–Kier alpha value is -0.420. The Morgan fingerprint density at radius 1 is 1.53 bits per heavy atom. The summed E-state index contributed by atoms with van der Waals surface area (Å²) in [6, 6.07) is -0.683. The van der Waals surface area contributed by atoms with E-state index in [0.717, 1.165) is 0 Å². The molecule has 0 saturated carbocycles. The van der Waals surface area contributed by atoms with Gasteiger partial charge in [0.15, 0.2) is 0 Å². The first-order valence-corrected chi connectivity index (χ1v) is 6.60. The van der Waals surface area contributed by atoms with Gasteiger partial charge in [0.1, 0.15) is 6.04 Å². The lowest BCUT2D eigenvalue weighted by Gasteiger charge is -2.33. The van der Waals surface area contributed by atoms with Gasteiger partial charge in [-0.1, -0.05) is 6.92 Å². The predicted octanol–water partition coefficient (Wildman–Crippen LogP) is -0.137. The van der Waals surface area contributed by atoms with E-state index in [1.54, 1.807) is 0 Å². The lowest BCUT2D eigenvalue weighted by atomic mass is 9.85. The molecule has 1 fully saturated rings. The molecule has 0 aromatic heterocycles. The Balaban J connectivity index is 2.61. The maximum atomic E-state index is 10.8. The summed E-state index contributed by atoms with van der Waals surface area (Å²) in [6.07, 6.45) is 0.0568. The summed E-state index contributed by atoms with van der Waals surface area (Å²) in [5.74, 6) is -1.10. The number of hydrogen-bond acceptors (Lipinski definition) is 3. The van der Waals surface area contributed by atoms with Crippen molar-refractivity contribution in [1.29, 1.82) is 0 Å². The molecule has 0 radical (unpaired) electrons. The molecule has 1 saturated heterocycles. The van der Waals surface area contributed by atoms with Gasteiger partial charge in [-0.05, 0) is 24.8 Å². The van der Waals surface area contributed by atoms with Crippen LogP contribution in [0.25, 0.3) is 0 Å². The third-order valence-electron chi connectivity index (χ3n) is 2.80. The van der Waals surface area contributed by atoms with Crippen LogP contribution in [0.3, 0.4) is 0 Å². The second kappa shape index (κ2) is 4.61. The fourth-order valence-electron chi connectivity index (χ4n) is 1.86. The minimum absolute atomic E-state index is 0.0909. The van der Waals surface area contributed by atoms with Gasteiger partial charge in [0.2, 0.25) is 0 Å². The normalized spacial score (nSPS) is 32.6. The third-order valence-corrected chi connectivity index (χ3v) is 3.74. The predicted molar refractivity (Wildman–Crippen MR) is 53.6 cm³/mol. The zero-order valence-electron chi connectivity index (χ0n) is 8.46. The van der Waals surface area contributed by atoms with Crippen molar-refractivity contribution in [1.82, 2.24) is 5.32 Å². The SMILES string of the molecule is CC1CN[C@H](C(=O)O)C[C@@H]1CP(=O)(O)O. The number of carboxylic acid groups (broad SMARTS) is 1. The van der Waals surface area contributed by atoms with Crippen LogP contribution >= 0.6 is 7.60 Å². The number of piperidine rings is 1. The van der Waals surface area contributed by atoms with E-state index >= 15 is 0 Å². The molecule has 0 aromatic carbocycles. The minimum atomic E-state index is -4.05. The standard InChI is InChI=1S/C8H16NO5P/c1-5-3-9-7(8(10)11)2-6(5)4-15(12,13)14/h5-7,9H,2-4H2,1H3,(H,10,11)(H2,12,13,14)/t5?,6-,7+/m1/s1. The van der Waals surface area contributed by atoms with Crippen LogP contribution < -0.4 is 5.32 Å². The first-order valence-electron chi connectivity index (χ1n) is 4.80. The van der Waals surface area contributed by atoms with Crippen molar-refractivity contribution in [3.05, 3.63) is 0 Å². The van der Waals surface area contributed by atoms with Gasteiger partial charge in [-0.2, -0.15) is 0 Å². The molecule has 1 aliphatic heterocycles. The van der Waals surface area contributed by atoms with Gasteiger partial charge in [0.05, 0.1) is 6.16 Å². The molecule has 1 aliphatic rings. The first-order chi connectivity index (χ1) is 6.79. The fraction of sp³-hybridized carbons (Fsp3) is 0.875. The first kappa shape index (κ1) is 12.6. The van der Waals surface area contributed by atoms with Gasteiger partial charge in [-0.25, -0.2) is 0 Å². The maximum absolute atomic E-state index is 10.8. The van der Waals surface area contributed by atoms with Crippen molar-refractivity contribution in [2.24, 2.45) is 11.8 Å². The number of carbonyl (C=O) groups is 1. The minimum Gasteiger partial charge on any atom is -0.480 e. The van der Waals surface area contributed by atoms with Crippen LogP contribution in [-0.2, 0) is 9.36 Å². The van der Waals surface area contributed by atoms with E-state index < -0.39 is 19.6 Å². The molecule has 1 heterocycles. The highest BCUT2D eigenvalue weighted by molar-refractivity contribution is 7.51. The summed E-state index contributed by atoms with van der Waals surface area (Å²) in [6.45, 7) is 2.35. The van der Waals surface area contributed by atoms with Crippen LogP contribution in [0.1, 0.15) is 13.3 Å². The van der Waals surface area contributed by atoms with Crippen LogP contribution in [-0.4, -0.2) is 39.6 Å². The van der Waals surface area contributed by atoms with E-state index in [1.165, 1.54) is 0 Å². The van der Waals surface area contributed by atoms with Crippen LogP contribution in [0.5, 0.6) is 0 Å². The molecule has 1 unspecified atom stereocenters. The molecule has 3 atom stereocenters. The van der Waals surface area contributed by atoms with E-state index in [9.17, 15) is 9.36 Å².